The minimum absolute atomic E-state index is 0.0515. The molecule has 3 aromatic rings. The zero-order valence-electron chi connectivity index (χ0n) is 16.9. The van der Waals surface area contributed by atoms with Gasteiger partial charge in [-0.25, -0.2) is 0 Å². The van der Waals surface area contributed by atoms with Gasteiger partial charge in [0.15, 0.2) is 11.5 Å². The zero-order valence-corrected chi connectivity index (χ0v) is 17.7. The number of carbonyl (C=O) groups excluding carboxylic acids is 1. The molecule has 8 heteroatoms. The van der Waals surface area contributed by atoms with E-state index < -0.39 is 0 Å². The Balaban J connectivity index is 1.23. The van der Waals surface area contributed by atoms with Crippen LogP contribution in [-0.4, -0.2) is 40.7 Å². The van der Waals surface area contributed by atoms with Crippen LogP contribution in [0, 0.1) is 0 Å². The highest BCUT2D eigenvalue weighted by atomic mass is 35.5. The van der Waals surface area contributed by atoms with Crippen LogP contribution in [0.5, 0.6) is 11.5 Å². The molecule has 0 bridgehead atoms. The molecule has 0 saturated carbocycles. The van der Waals surface area contributed by atoms with Crippen molar-refractivity contribution in [2.45, 2.75) is 31.7 Å². The summed E-state index contributed by atoms with van der Waals surface area (Å²) in [6.07, 6.45) is 2.64. The number of fused-ring (bicyclic) bond motifs is 1. The van der Waals surface area contributed by atoms with Crippen molar-refractivity contribution >= 4 is 17.5 Å². The maximum atomic E-state index is 13.0. The van der Waals surface area contributed by atoms with E-state index in [1.165, 1.54) is 0 Å². The zero-order chi connectivity index (χ0) is 21.2. The molecule has 1 amide bonds. The fourth-order valence-electron chi connectivity index (χ4n) is 4.11. The van der Waals surface area contributed by atoms with Gasteiger partial charge in [-0.1, -0.05) is 22.8 Å². The van der Waals surface area contributed by atoms with Crippen molar-refractivity contribution in [3.63, 3.8) is 0 Å². The van der Waals surface area contributed by atoms with E-state index in [1.54, 1.807) is 12.1 Å². The van der Waals surface area contributed by atoms with Crippen molar-refractivity contribution in [2.75, 3.05) is 19.8 Å². The molecule has 2 aromatic carbocycles. The van der Waals surface area contributed by atoms with Crippen molar-refractivity contribution < 1.29 is 18.8 Å². The van der Waals surface area contributed by atoms with Gasteiger partial charge in [-0.15, -0.1) is 0 Å². The third-order valence-electron chi connectivity index (χ3n) is 5.65. The number of aryl methyl sites for hydroxylation is 1. The molecule has 2 aliphatic rings. The molecule has 5 rings (SSSR count). The van der Waals surface area contributed by atoms with Crippen molar-refractivity contribution in [1.29, 1.82) is 0 Å². The van der Waals surface area contributed by atoms with E-state index in [-0.39, 0.29) is 11.9 Å². The van der Waals surface area contributed by atoms with Gasteiger partial charge < -0.3 is 18.9 Å². The summed E-state index contributed by atoms with van der Waals surface area (Å²) >= 11 is 5.92. The number of likely N-dealkylation sites (tertiary alicyclic amines) is 1. The van der Waals surface area contributed by atoms with Crippen molar-refractivity contribution in [2.24, 2.45) is 0 Å². The number of hydrogen-bond acceptors (Lipinski definition) is 6. The van der Waals surface area contributed by atoms with Crippen LogP contribution in [0.15, 0.2) is 47.0 Å². The number of halogens is 1. The van der Waals surface area contributed by atoms with Crippen LogP contribution in [0.1, 0.15) is 36.8 Å². The highest BCUT2D eigenvalue weighted by molar-refractivity contribution is 6.30. The highest BCUT2D eigenvalue weighted by Crippen LogP contribution is 2.38. The number of ether oxygens (including phenoxy) is 2. The molecule has 3 heterocycles. The largest absolute Gasteiger partial charge is 0.486 e. The van der Waals surface area contributed by atoms with Gasteiger partial charge >= 0.3 is 0 Å². The molecule has 0 spiro atoms. The van der Waals surface area contributed by atoms with Gasteiger partial charge in [-0.05, 0) is 54.8 Å². The first kappa shape index (κ1) is 19.9. The smallest absolute Gasteiger partial charge is 0.227 e. The summed E-state index contributed by atoms with van der Waals surface area (Å²) in [6, 6.07) is 13.2. The van der Waals surface area contributed by atoms with Gasteiger partial charge in [0, 0.05) is 30.0 Å². The second kappa shape index (κ2) is 8.59. The normalized spacial score (nSPS) is 17.7. The van der Waals surface area contributed by atoms with Crippen LogP contribution in [0.4, 0.5) is 0 Å². The van der Waals surface area contributed by atoms with Gasteiger partial charge in [0.1, 0.15) is 13.2 Å². The Morgan fingerprint density at radius 3 is 2.74 bits per heavy atom. The van der Waals surface area contributed by atoms with Crippen LogP contribution in [-0.2, 0) is 11.2 Å². The second-order valence-electron chi connectivity index (χ2n) is 7.67. The molecule has 160 valence electrons. The topological polar surface area (TPSA) is 77.7 Å². The van der Waals surface area contributed by atoms with Crippen molar-refractivity contribution in [1.82, 2.24) is 15.0 Å². The SMILES string of the molecule is O=C(CCc1nc(-c2ccc(Cl)cc2)no1)N1CCC[C@@H]1c1ccc2c(c1)OCCO2. The fourth-order valence-corrected chi connectivity index (χ4v) is 4.24. The Morgan fingerprint density at radius 2 is 1.90 bits per heavy atom. The summed E-state index contributed by atoms with van der Waals surface area (Å²) in [5.41, 5.74) is 1.90. The predicted molar refractivity (Wildman–Crippen MR) is 114 cm³/mol. The van der Waals surface area contributed by atoms with E-state index in [2.05, 4.69) is 10.1 Å². The quantitative estimate of drug-likeness (QED) is 0.584. The molecule has 31 heavy (non-hydrogen) atoms. The first-order valence-corrected chi connectivity index (χ1v) is 10.8. The molecule has 0 aliphatic carbocycles. The number of aromatic nitrogens is 2. The maximum Gasteiger partial charge on any atom is 0.227 e. The summed E-state index contributed by atoms with van der Waals surface area (Å²) in [4.78, 5) is 19.3. The van der Waals surface area contributed by atoms with E-state index >= 15 is 0 Å². The fraction of sp³-hybridized carbons (Fsp3) is 0.348. The van der Waals surface area contributed by atoms with E-state index in [1.807, 2.05) is 35.2 Å². The molecular weight excluding hydrogens is 418 g/mol. The van der Waals surface area contributed by atoms with Crippen LogP contribution in [0.2, 0.25) is 5.02 Å². The Bertz CT molecular complexity index is 1080. The third kappa shape index (κ3) is 4.23. The lowest BCUT2D eigenvalue weighted by atomic mass is 10.0. The third-order valence-corrected chi connectivity index (χ3v) is 5.90. The summed E-state index contributed by atoms with van der Waals surface area (Å²) in [6.45, 7) is 1.86. The number of hydrogen-bond donors (Lipinski definition) is 0. The molecule has 1 aromatic heterocycles. The van der Waals surface area contributed by atoms with E-state index in [0.717, 1.165) is 42.0 Å². The van der Waals surface area contributed by atoms with Gasteiger partial charge in [0.2, 0.25) is 17.6 Å². The van der Waals surface area contributed by atoms with Crippen LogP contribution in [0.25, 0.3) is 11.4 Å². The van der Waals surface area contributed by atoms with Crippen molar-refractivity contribution in [3.05, 3.63) is 58.9 Å². The molecule has 1 fully saturated rings. The van der Waals surface area contributed by atoms with E-state index in [4.69, 9.17) is 25.6 Å². The first-order valence-electron chi connectivity index (χ1n) is 10.4. The first-order chi connectivity index (χ1) is 15.2. The van der Waals surface area contributed by atoms with Crippen molar-refractivity contribution in [3.8, 4) is 22.9 Å². The second-order valence-corrected chi connectivity index (χ2v) is 8.10. The van der Waals surface area contributed by atoms with Crippen LogP contribution < -0.4 is 9.47 Å². The monoisotopic (exact) mass is 439 g/mol. The van der Waals surface area contributed by atoms with E-state index in [9.17, 15) is 4.79 Å². The van der Waals surface area contributed by atoms with Gasteiger partial charge in [-0.2, -0.15) is 4.98 Å². The maximum absolute atomic E-state index is 13.0. The lowest BCUT2D eigenvalue weighted by molar-refractivity contribution is -0.132. The average molecular weight is 440 g/mol. The average Bonchev–Trinajstić information content (AvgIpc) is 3.48. The van der Waals surface area contributed by atoms with Crippen LogP contribution in [0.3, 0.4) is 0 Å². The Labute approximate surface area is 184 Å². The molecule has 1 saturated heterocycles. The number of benzene rings is 2. The molecule has 0 unspecified atom stereocenters. The van der Waals surface area contributed by atoms with E-state index in [0.29, 0.717) is 42.8 Å². The summed E-state index contributed by atoms with van der Waals surface area (Å²) in [5.74, 6) is 2.55. The summed E-state index contributed by atoms with van der Waals surface area (Å²) < 4.78 is 16.7. The molecular formula is C23H22ClN3O4. The Kier molecular flexibility index (Phi) is 5.51. The minimum atomic E-state index is 0.0515. The molecule has 0 radical (unpaired) electrons. The number of rotatable bonds is 5. The summed E-state index contributed by atoms with van der Waals surface area (Å²) in [7, 11) is 0. The van der Waals surface area contributed by atoms with Crippen LogP contribution >= 0.6 is 11.6 Å². The minimum Gasteiger partial charge on any atom is -0.486 e. The van der Waals surface area contributed by atoms with Gasteiger partial charge in [0.05, 0.1) is 6.04 Å². The molecule has 0 N–H and O–H groups in total. The number of nitrogens with zero attached hydrogens (tertiary/aromatic N) is 3. The molecule has 7 nitrogen and oxygen atoms in total. The summed E-state index contributed by atoms with van der Waals surface area (Å²) in [5, 5.41) is 4.66. The van der Waals surface area contributed by atoms with Gasteiger partial charge in [-0.3, -0.25) is 4.79 Å². The lowest BCUT2D eigenvalue weighted by Crippen LogP contribution is -2.30. The number of amides is 1. The number of carbonyl (C=O) groups is 1. The standard InChI is InChI=1S/C23H22ClN3O4/c24-17-6-3-15(4-7-17)23-25-21(31-26-23)9-10-22(28)27-11-1-2-18(27)16-5-8-19-20(14-16)30-13-12-29-19/h3-8,14,18H,1-2,9-13H2/t18-/m1/s1. The molecule has 2 aliphatic heterocycles. The molecule has 1 atom stereocenters. The van der Waals surface area contributed by atoms with Gasteiger partial charge in [0.25, 0.3) is 0 Å². The highest BCUT2D eigenvalue weighted by Gasteiger charge is 2.31. The predicted octanol–water partition coefficient (Wildman–Crippen LogP) is 4.46. The Hall–Kier alpha value is -3.06. The Morgan fingerprint density at radius 1 is 1.10 bits per heavy atom. The lowest BCUT2D eigenvalue weighted by Gasteiger charge is -2.26.